The number of alkyl halides is 3. The molecule has 3 rings (SSSR count). The molecule has 7 heteroatoms. The normalized spacial score (nSPS) is 16.8. The second-order valence-corrected chi connectivity index (χ2v) is 16.9. The third-order valence-electron chi connectivity index (χ3n) is 7.29. The maximum absolute atomic E-state index is 13.8. The zero-order chi connectivity index (χ0) is 27.8. The van der Waals surface area contributed by atoms with Crippen LogP contribution in [0.4, 0.5) is 13.2 Å². The quantitative estimate of drug-likeness (QED) is 0.276. The van der Waals surface area contributed by atoms with Gasteiger partial charge in [-0.05, 0) is 71.3 Å². The minimum absolute atomic E-state index is 0.0652. The number of Topliss-reactive ketones (excluding diaryl/α,β-unsaturated/α-hetero) is 1. The lowest BCUT2D eigenvalue weighted by Gasteiger charge is -2.37. The van der Waals surface area contributed by atoms with E-state index in [4.69, 9.17) is 4.43 Å². The standard InChI is InChI=1S/C30H37F3O3Si/c1-28(2,3)23-14-9-21(10-15-23)27(34)25-19-22(13-18-26(25)36-37(7,8)29(4,5)6)20-11-16-24(17-12-20)35-30(31,32)33/h9-14,16-19,23H,15H2,1-8H3. The fraction of sp³-hybridized carbons (Fsp3) is 0.433. The number of carbonyl (C=O) groups is 1. The molecule has 2 aromatic carbocycles. The smallest absolute Gasteiger partial charge is 0.543 e. The maximum atomic E-state index is 13.8. The molecule has 200 valence electrons. The van der Waals surface area contributed by atoms with E-state index in [2.05, 4.69) is 65.4 Å². The average Bonchev–Trinajstić information content (AvgIpc) is 2.77. The Kier molecular flexibility index (Phi) is 7.90. The van der Waals surface area contributed by atoms with Gasteiger partial charge in [0.2, 0.25) is 0 Å². The molecule has 0 saturated heterocycles. The second-order valence-electron chi connectivity index (χ2n) is 12.2. The molecule has 0 saturated carbocycles. The van der Waals surface area contributed by atoms with E-state index in [9.17, 15) is 18.0 Å². The largest absolute Gasteiger partial charge is 0.573 e. The highest BCUT2D eigenvalue weighted by atomic mass is 28.4. The summed E-state index contributed by atoms with van der Waals surface area (Å²) in [5.41, 5.74) is 2.54. The van der Waals surface area contributed by atoms with Crippen LogP contribution in [0.15, 0.2) is 66.3 Å². The molecule has 0 radical (unpaired) electrons. The van der Waals surface area contributed by atoms with E-state index in [1.165, 1.54) is 12.1 Å². The molecule has 0 spiro atoms. The molecule has 0 aliphatic heterocycles. The SMILES string of the molecule is CC(C)(C)C1C=CC(C(=O)c2cc(-c3ccc(OC(F)(F)F)cc3)ccc2O[Si](C)(C)C(C)(C)C)=CC1. The van der Waals surface area contributed by atoms with Gasteiger partial charge >= 0.3 is 6.36 Å². The monoisotopic (exact) mass is 530 g/mol. The molecule has 0 amide bonds. The van der Waals surface area contributed by atoms with Crippen LogP contribution < -0.4 is 9.16 Å². The molecule has 1 aliphatic carbocycles. The van der Waals surface area contributed by atoms with Gasteiger partial charge < -0.3 is 9.16 Å². The zero-order valence-corrected chi connectivity index (χ0v) is 23.9. The zero-order valence-electron chi connectivity index (χ0n) is 22.9. The molecule has 0 fully saturated rings. The molecule has 1 aliphatic rings. The van der Waals surface area contributed by atoms with Crippen molar-refractivity contribution in [1.82, 2.24) is 0 Å². The van der Waals surface area contributed by atoms with Crippen LogP contribution in [0.3, 0.4) is 0 Å². The first-order valence-corrected chi connectivity index (χ1v) is 15.4. The molecular formula is C30H37F3O3Si. The number of halogens is 3. The fourth-order valence-corrected chi connectivity index (χ4v) is 4.87. The van der Waals surface area contributed by atoms with Gasteiger partial charge in [0.05, 0.1) is 5.56 Å². The molecule has 0 aromatic heterocycles. The molecule has 2 aromatic rings. The number of hydrogen-bond acceptors (Lipinski definition) is 3. The Labute approximate surface area is 219 Å². The predicted octanol–water partition coefficient (Wildman–Crippen LogP) is 9.37. The summed E-state index contributed by atoms with van der Waals surface area (Å²) in [5, 5.41) is -0.0652. The Bertz CT molecular complexity index is 1190. The van der Waals surface area contributed by atoms with Crippen LogP contribution in [-0.2, 0) is 0 Å². The van der Waals surface area contributed by atoms with E-state index >= 15 is 0 Å². The van der Waals surface area contributed by atoms with Crippen molar-refractivity contribution in [2.75, 3.05) is 0 Å². The van der Waals surface area contributed by atoms with Crippen molar-refractivity contribution in [2.45, 2.75) is 72.5 Å². The van der Waals surface area contributed by atoms with Crippen LogP contribution in [0.25, 0.3) is 11.1 Å². The first-order chi connectivity index (χ1) is 16.9. The summed E-state index contributed by atoms with van der Waals surface area (Å²) in [4.78, 5) is 13.8. The van der Waals surface area contributed by atoms with Gasteiger partial charge in [0.25, 0.3) is 8.32 Å². The number of carbonyl (C=O) groups excluding carboxylic acids is 1. The lowest BCUT2D eigenvalue weighted by molar-refractivity contribution is -0.274. The fourth-order valence-electron chi connectivity index (χ4n) is 3.84. The van der Waals surface area contributed by atoms with Crippen LogP contribution in [-0.4, -0.2) is 20.5 Å². The summed E-state index contributed by atoms with van der Waals surface area (Å²) >= 11 is 0. The van der Waals surface area contributed by atoms with Crippen LogP contribution in [0.5, 0.6) is 11.5 Å². The topological polar surface area (TPSA) is 35.5 Å². The van der Waals surface area contributed by atoms with Gasteiger partial charge in [0.1, 0.15) is 11.5 Å². The van der Waals surface area contributed by atoms with E-state index < -0.39 is 14.7 Å². The maximum Gasteiger partial charge on any atom is 0.573 e. The van der Waals surface area contributed by atoms with Crippen molar-refractivity contribution in [3.05, 3.63) is 71.8 Å². The van der Waals surface area contributed by atoms with Gasteiger partial charge in [0, 0.05) is 5.57 Å². The summed E-state index contributed by atoms with van der Waals surface area (Å²) < 4.78 is 48.2. The number of rotatable bonds is 6. The minimum Gasteiger partial charge on any atom is -0.543 e. The van der Waals surface area contributed by atoms with Crippen LogP contribution >= 0.6 is 0 Å². The third kappa shape index (κ3) is 7.16. The van der Waals surface area contributed by atoms with Gasteiger partial charge in [-0.25, -0.2) is 0 Å². The Morgan fingerprint density at radius 2 is 1.51 bits per heavy atom. The van der Waals surface area contributed by atoms with Crippen molar-refractivity contribution < 1.29 is 27.1 Å². The summed E-state index contributed by atoms with van der Waals surface area (Å²) in [6, 6.07) is 11.0. The summed E-state index contributed by atoms with van der Waals surface area (Å²) in [6.07, 6.45) is 2.01. The van der Waals surface area contributed by atoms with E-state index in [0.29, 0.717) is 33.9 Å². The van der Waals surface area contributed by atoms with Gasteiger partial charge in [-0.1, -0.05) is 78.0 Å². The number of ether oxygens (including phenoxy) is 1. The van der Waals surface area contributed by atoms with Gasteiger partial charge in [0.15, 0.2) is 5.78 Å². The van der Waals surface area contributed by atoms with Crippen molar-refractivity contribution in [2.24, 2.45) is 11.3 Å². The van der Waals surface area contributed by atoms with E-state index in [-0.39, 0.29) is 22.0 Å². The minimum atomic E-state index is -4.75. The first-order valence-electron chi connectivity index (χ1n) is 12.5. The molecule has 1 atom stereocenters. The van der Waals surface area contributed by atoms with Crippen LogP contribution in [0.1, 0.15) is 58.3 Å². The predicted molar refractivity (Wildman–Crippen MR) is 146 cm³/mol. The van der Waals surface area contributed by atoms with Crippen molar-refractivity contribution in [3.8, 4) is 22.6 Å². The highest BCUT2D eigenvalue weighted by Crippen LogP contribution is 2.40. The molecule has 0 N–H and O–H groups in total. The Balaban J connectivity index is 2.01. The Hall–Kier alpha value is -2.80. The van der Waals surface area contributed by atoms with Crippen LogP contribution in [0.2, 0.25) is 18.1 Å². The van der Waals surface area contributed by atoms with Gasteiger partial charge in [-0.3, -0.25) is 4.79 Å². The summed E-state index contributed by atoms with van der Waals surface area (Å²) in [7, 11) is -2.25. The third-order valence-corrected chi connectivity index (χ3v) is 11.6. The molecule has 0 bridgehead atoms. The molecule has 1 unspecified atom stereocenters. The molecule has 37 heavy (non-hydrogen) atoms. The van der Waals surface area contributed by atoms with E-state index in [0.717, 1.165) is 6.42 Å². The van der Waals surface area contributed by atoms with E-state index in [1.807, 2.05) is 18.2 Å². The van der Waals surface area contributed by atoms with Crippen molar-refractivity contribution in [1.29, 1.82) is 0 Å². The highest BCUT2D eigenvalue weighted by Gasteiger charge is 2.40. The second kappa shape index (κ2) is 10.2. The lowest BCUT2D eigenvalue weighted by Crippen LogP contribution is -2.44. The Morgan fingerprint density at radius 3 is 2.00 bits per heavy atom. The first kappa shape index (κ1) is 28.8. The summed E-state index contributed by atoms with van der Waals surface area (Å²) in [5.74, 6) is 0.452. The van der Waals surface area contributed by atoms with Crippen LogP contribution in [0, 0.1) is 11.3 Å². The lowest BCUT2D eigenvalue weighted by atomic mass is 9.76. The number of allylic oxidation sites excluding steroid dienone is 4. The van der Waals surface area contributed by atoms with Crippen molar-refractivity contribution in [3.63, 3.8) is 0 Å². The average molecular weight is 531 g/mol. The van der Waals surface area contributed by atoms with Gasteiger partial charge in [-0.2, -0.15) is 0 Å². The Morgan fingerprint density at radius 1 is 0.919 bits per heavy atom. The molecule has 0 heterocycles. The van der Waals surface area contributed by atoms with Crippen molar-refractivity contribution >= 4 is 14.1 Å². The molecule has 3 nitrogen and oxygen atoms in total. The highest BCUT2D eigenvalue weighted by molar-refractivity contribution is 6.74. The number of benzene rings is 2. The van der Waals surface area contributed by atoms with Gasteiger partial charge in [-0.15, -0.1) is 13.2 Å². The number of hydrogen-bond donors (Lipinski definition) is 0. The summed E-state index contributed by atoms with van der Waals surface area (Å²) in [6.45, 7) is 17.2. The van der Waals surface area contributed by atoms with E-state index in [1.54, 1.807) is 24.3 Å². The molecular weight excluding hydrogens is 493 g/mol. The number of ketones is 1.